The summed E-state index contributed by atoms with van der Waals surface area (Å²) in [6.45, 7) is 2.43. The van der Waals surface area contributed by atoms with E-state index in [4.69, 9.17) is 0 Å². The van der Waals surface area contributed by atoms with Crippen molar-refractivity contribution in [2.24, 2.45) is 0 Å². The molecule has 4 nitrogen and oxygen atoms in total. The van der Waals surface area contributed by atoms with Crippen molar-refractivity contribution in [3.8, 4) is 0 Å². The molecule has 0 fully saturated rings. The summed E-state index contributed by atoms with van der Waals surface area (Å²) in [5.74, 6) is -0.00458. The summed E-state index contributed by atoms with van der Waals surface area (Å²) in [5.41, 5.74) is 2.32. The van der Waals surface area contributed by atoms with Gasteiger partial charge < -0.3 is 10.6 Å². The molecular weight excluding hydrogens is 320 g/mol. The number of nitrogens with one attached hydrogen (secondary N) is 2. The Kier molecular flexibility index (Phi) is 7.36. The summed E-state index contributed by atoms with van der Waals surface area (Å²) < 4.78 is 0. The van der Waals surface area contributed by atoms with Gasteiger partial charge in [-0.3, -0.25) is 9.59 Å². The number of carbonyl (C=O) groups is 2. The molecular formula is C19H22N2O2S. The number of rotatable bonds is 8. The molecule has 0 bridgehead atoms. The Morgan fingerprint density at radius 3 is 1.92 bits per heavy atom. The lowest BCUT2D eigenvalue weighted by molar-refractivity contribution is -0.124. The molecule has 2 rings (SSSR count). The molecule has 0 aromatic heterocycles. The lowest BCUT2D eigenvalue weighted by Crippen LogP contribution is -2.37. The average molecular weight is 342 g/mol. The third kappa shape index (κ3) is 5.74. The molecule has 126 valence electrons. The predicted octanol–water partition coefficient (Wildman–Crippen LogP) is 2.76. The fourth-order valence-corrected chi connectivity index (χ4v) is 3.41. The van der Waals surface area contributed by atoms with Crippen molar-refractivity contribution in [2.45, 2.75) is 12.2 Å². The fourth-order valence-electron chi connectivity index (χ4n) is 2.29. The minimum absolute atomic E-state index is 0.0224. The number of amides is 2. The van der Waals surface area contributed by atoms with Crippen LogP contribution in [-0.4, -0.2) is 30.7 Å². The van der Waals surface area contributed by atoms with E-state index in [0.717, 1.165) is 11.1 Å². The number of thioether (sulfide) groups is 1. The third-order valence-electron chi connectivity index (χ3n) is 3.41. The molecule has 0 radical (unpaired) electrons. The summed E-state index contributed by atoms with van der Waals surface area (Å²) in [7, 11) is 0. The van der Waals surface area contributed by atoms with E-state index in [1.807, 2.05) is 43.3 Å². The molecule has 5 heteroatoms. The highest BCUT2D eigenvalue weighted by atomic mass is 32.2. The average Bonchev–Trinajstić information content (AvgIpc) is 2.62. The quantitative estimate of drug-likeness (QED) is 0.775. The monoisotopic (exact) mass is 342 g/mol. The molecule has 0 aliphatic heterocycles. The van der Waals surface area contributed by atoms with Crippen LogP contribution >= 0.6 is 11.8 Å². The standard InChI is InChI=1S/C19H22N2O2S/c1-2-20-17(22)13-21-18(23)14-24-19(15-9-5-3-6-10-15)16-11-7-4-8-12-16/h3-12,19H,2,13-14H2,1H3,(H,20,22)(H,21,23). The summed E-state index contributed by atoms with van der Waals surface area (Å²) in [6.07, 6.45) is 0. The van der Waals surface area contributed by atoms with Gasteiger partial charge in [-0.1, -0.05) is 60.7 Å². The van der Waals surface area contributed by atoms with Gasteiger partial charge in [-0.05, 0) is 18.1 Å². The first-order valence-electron chi connectivity index (χ1n) is 7.95. The van der Waals surface area contributed by atoms with Crippen LogP contribution in [-0.2, 0) is 9.59 Å². The Morgan fingerprint density at radius 1 is 0.875 bits per heavy atom. The summed E-state index contributed by atoms with van der Waals surface area (Å²) in [5, 5.41) is 5.40. The molecule has 0 atom stereocenters. The van der Waals surface area contributed by atoms with Crippen LogP contribution in [0.2, 0.25) is 0 Å². The van der Waals surface area contributed by atoms with Crippen LogP contribution in [0.5, 0.6) is 0 Å². The maximum absolute atomic E-state index is 12.0. The molecule has 2 amide bonds. The molecule has 2 N–H and O–H groups in total. The molecule has 0 aliphatic rings. The van der Waals surface area contributed by atoms with Gasteiger partial charge in [0.05, 0.1) is 17.5 Å². The third-order valence-corrected chi connectivity index (χ3v) is 4.71. The van der Waals surface area contributed by atoms with Gasteiger partial charge >= 0.3 is 0 Å². The molecule has 0 unspecified atom stereocenters. The molecule has 2 aromatic rings. The van der Waals surface area contributed by atoms with Gasteiger partial charge in [0.15, 0.2) is 0 Å². The van der Waals surface area contributed by atoms with E-state index in [0.29, 0.717) is 12.3 Å². The smallest absolute Gasteiger partial charge is 0.239 e. The lowest BCUT2D eigenvalue weighted by Gasteiger charge is -2.17. The molecule has 0 aliphatic carbocycles. The van der Waals surface area contributed by atoms with Gasteiger partial charge in [0.2, 0.25) is 11.8 Å². The van der Waals surface area contributed by atoms with Crippen LogP contribution in [0.1, 0.15) is 23.3 Å². The Balaban J connectivity index is 1.97. The normalized spacial score (nSPS) is 10.4. The van der Waals surface area contributed by atoms with Crippen LogP contribution in [0.3, 0.4) is 0 Å². The number of carbonyl (C=O) groups excluding carboxylic acids is 2. The number of hydrogen-bond donors (Lipinski definition) is 2. The second kappa shape index (κ2) is 9.78. The van der Waals surface area contributed by atoms with Crippen molar-refractivity contribution in [1.82, 2.24) is 10.6 Å². The Bertz CT molecular complexity index is 607. The van der Waals surface area contributed by atoms with Crippen LogP contribution < -0.4 is 10.6 Å². The van der Waals surface area contributed by atoms with Crippen molar-refractivity contribution < 1.29 is 9.59 Å². The molecule has 0 saturated carbocycles. The summed E-state index contributed by atoms with van der Waals surface area (Å²) >= 11 is 1.56. The zero-order chi connectivity index (χ0) is 17.2. The first kappa shape index (κ1) is 18.1. The second-order valence-electron chi connectivity index (χ2n) is 5.24. The zero-order valence-corrected chi connectivity index (χ0v) is 14.5. The minimum Gasteiger partial charge on any atom is -0.355 e. The van der Waals surface area contributed by atoms with Gasteiger partial charge in [0.1, 0.15) is 0 Å². The van der Waals surface area contributed by atoms with Crippen molar-refractivity contribution in [2.75, 3.05) is 18.8 Å². The molecule has 24 heavy (non-hydrogen) atoms. The molecule has 0 spiro atoms. The van der Waals surface area contributed by atoms with E-state index in [2.05, 4.69) is 34.9 Å². The summed E-state index contributed by atoms with van der Waals surface area (Å²) in [6, 6.07) is 20.2. The molecule has 0 saturated heterocycles. The Morgan fingerprint density at radius 2 is 1.42 bits per heavy atom. The first-order valence-corrected chi connectivity index (χ1v) is 9.00. The number of likely N-dealkylation sites (N-methyl/N-ethyl adjacent to an activating group) is 1. The maximum atomic E-state index is 12.0. The topological polar surface area (TPSA) is 58.2 Å². The van der Waals surface area contributed by atoms with Crippen molar-refractivity contribution in [1.29, 1.82) is 0 Å². The SMILES string of the molecule is CCNC(=O)CNC(=O)CSC(c1ccccc1)c1ccccc1. The lowest BCUT2D eigenvalue weighted by atomic mass is 10.0. The van der Waals surface area contributed by atoms with Gasteiger partial charge in [-0.15, -0.1) is 11.8 Å². The van der Waals surface area contributed by atoms with Crippen molar-refractivity contribution >= 4 is 23.6 Å². The second-order valence-corrected chi connectivity index (χ2v) is 6.34. The maximum Gasteiger partial charge on any atom is 0.239 e. The van der Waals surface area contributed by atoms with E-state index < -0.39 is 0 Å². The van der Waals surface area contributed by atoms with Crippen LogP contribution in [0.4, 0.5) is 0 Å². The van der Waals surface area contributed by atoms with Crippen LogP contribution in [0.25, 0.3) is 0 Å². The summed E-state index contributed by atoms with van der Waals surface area (Å²) in [4.78, 5) is 23.4. The van der Waals surface area contributed by atoms with E-state index >= 15 is 0 Å². The van der Waals surface area contributed by atoms with Gasteiger partial charge in [0, 0.05) is 6.54 Å². The molecule has 0 heterocycles. The fraction of sp³-hybridized carbons (Fsp3) is 0.263. The van der Waals surface area contributed by atoms with E-state index in [-0.39, 0.29) is 23.6 Å². The Hall–Kier alpha value is -2.27. The molecule has 2 aromatic carbocycles. The van der Waals surface area contributed by atoms with Gasteiger partial charge in [-0.25, -0.2) is 0 Å². The highest BCUT2D eigenvalue weighted by Gasteiger charge is 2.16. The first-order chi connectivity index (χ1) is 11.7. The predicted molar refractivity (Wildman–Crippen MR) is 98.9 cm³/mol. The van der Waals surface area contributed by atoms with E-state index in [1.54, 1.807) is 11.8 Å². The van der Waals surface area contributed by atoms with E-state index in [1.165, 1.54) is 0 Å². The van der Waals surface area contributed by atoms with Gasteiger partial charge in [0.25, 0.3) is 0 Å². The van der Waals surface area contributed by atoms with Gasteiger partial charge in [-0.2, -0.15) is 0 Å². The number of hydrogen-bond acceptors (Lipinski definition) is 3. The van der Waals surface area contributed by atoms with Crippen molar-refractivity contribution in [3.05, 3.63) is 71.8 Å². The minimum atomic E-state index is -0.168. The number of benzene rings is 2. The zero-order valence-electron chi connectivity index (χ0n) is 13.7. The van der Waals surface area contributed by atoms with Crippen molar-refractivity contribution in [3.63, 3.8) is 0 Å². The highest BCUT2D eigenvalue weighted by Crippen LogP contribution is 2.35. The van der Waals surface area contributed by atoms with E-state index in [9.17, 15) is 9.59 Å². The van der Waals surface area contributed by atoms with Crippen LogP contribution in [0, 0.1) is 0 Å². The highest BCUT2D eigenvalue weighted by molar-refractivity contribution is 8.00. The largest absolute Gasteiger partial charge is 0.355 e. The van der Waals surface area contributed by atoms with Crippen LogP contribution in [0.15, 0.2) is 60.7 Å². The Labute approximate surface area is 147 Å².